The average molecular weight is 396 g/mol. The predicted octanol–water partition coefficient (Wildman–Crippen LogP) is 2.28. The number of aromatic nitrogens is 2. The zero-order valence-corrected chi connectivity index (χ0v) is 16.9. The molecular weight excluding hydrogens is 368 g/mol. The minimum Gasteiger partial charge on any atom is -0.378 e. The van der Waals surface area contributed by atoms with Crippen molar-refractivity contribution < 1.29 is 14.3 Å². The van der Waals surface area contributed by atoms with Crippen molar-refractivity contribution in [1.82, 2.24) is 19.6 Å². The fraction of sp³-hybridized carbons (Fsp3) is 0.500. The Morgan fingerprint density at radius 1 is 1.03 bits per heavy atom. The van der Waals surface area contributed by atoms with Crippen LogP contribution < -0.4 is 0 Å². The number of para-hydroxylation sites is 1. The quantitative estimate of drug-likeness (QED) is 0.795. The third-order valence-corrected chi connectivity index (χ3v) is 5.88. The van der Waals surface area contributed by atoms with Gasteiger partial charge in [-0.25, -0.2) is 4.68 Å². The molecule has 2 fully saturated rings. The van der Waals surface area contributed by atoms with Gasteiger partial charge < -0.3 is 14.5 Å². The smallest absolute Gasteiger partial charge is 0.257 e. The summed E-state index contributed by atoms with van der Waals surface area (Å²) in [7, 11) is 0. The van der Waals surface area contributed by atoms with Gasteiger partial charge in [0, 0.05) is 38.8 Å². The Morgan fingerprint density at radius 2 is 1.72 bits per heavy atom. The van der Waals surface area contributed by atoms with Gasteiger partial charge in [0.2, 0.25) is 5.91 Å². The van der Waals surface area contributed by atoms with Crippen molar-refractivity contribution in [2.45, 2.75) is 26.2 Å². The van der Waals surface area contributed by atoms with Crippen LogP contribution in [0.3, 0.4) is 0 Å². The molecule has 0 bridgehead atoms. The molecular formula is C22H28N4O3. The van der Waals surface area contributed by atoms with Crippen molar-refractivity contribution in [3.63, 3.8) is 0 Å². The van der Waals surface area contributed by atoms with E-state index in [1.807, 2.05) is 53.3 Å². The van der Waals surface area contributed by atoms with Crippen LogP contribution in [-0.2, 0) is 9.53 Å². The molecule has 29 heavy (non-hydrogen) atoms. The molecule has 0 aliphatic carbocycles. The Labute approximate surface area is 171 Å². The second-order valence-electron chi connectivity index (χ2n) is 7.84. The zero-order chi connectivity index (χ0) is 20.2. The van der Waals surface area contributed by atoms with Crippen molar-refractivity contribution in [3.05, 3.63) is 47.8 Å². The summed E-state index contributed by atoms with van der Waals surface area (Å²) >= 11 is 0. The van der Waals surface area contributed by atoms with Crippen molar-refractivity contribution in [1.29, 1.82) is 0 Å². The van der Waals surface area contributed by atoms with Gasteiger partial charge >= 0.3 is 0 Å². The lowest BCUT2D eigenvalue weighted by Gasteiger charge is -2.33. The maximum Gasteiger partial charge on any atom is 0.257 e. The number of aryl methyl sites for hydroxylation is 1. The van der Waals surface area contributed by atoms with E-state index in [9.17, 15) is 9.59 Å². The highest BCUT2D eigenvalue weighted by molar-refractivity contribution is 5.95. The first-order valence-corrected chi connectivity index (χ1v) is 10.4. The van der Waals surface area contributed by atoms with Crippen LogP contribution in [0.25, 0.3) is 5.69 Å². The van der Waals surface area contributed by atoms with Crippen molar-refractivity contribution in [2.24, 2.45) is 5.92 Å². The fourth-order valence-corrected chi connectivity index (χ4v) is 4.08. The summed E-state index contributed by atoms with van der Waals surface area (Å²) in [5.41, 5.74) is 2.33. The number of hydrogen-bond acceptors (Lipinski definition) is 4. The van der Waals surface area contributed by atoms with E-state index in [1.54, 1.807) is 4.68 Å². The summed E-state index contributed by atoms with van der Waals surface area (Å²) in [6, 6.07) is 9.81. The van der Waals surface area contributed by atoms with E-state index in [2.05, 4.69) is 5.10 Å². The van der Waals surface area contributed by atoms with E-state index in [0.29, 0.717) is 57.3 Å². The highest BCUT2D eigenvalue weighted by Gasteiger charge is 2.28. The predicted molar refractivity (Wildman–Crippen MR) is 109 cm³/mol. The van der Waals surface area contributed by atoms with Gasteiger partial charge in [0.15, 0.2) is 0 Å². The van der Waals surface area contributed by atoms with E-state index in [-0.39, 0.29) is 11.8 Å². The molecule has 2 amide bonds. The molecule has 2 saturated heterocycles. The molecule has 0 N–H and O–H groups in total. The van der Waals surface area contributed by atoms with Crippen molar-refractivity contribution in [3.8, 4) is 5.69 Å². The molecule has 1 aromatic heterocycles. The maximum absolute atomic E-state index is 13.0. The van der Waals surface area contributed by atoms with Gasteiger partial charge in [0.05, 0.1) is 30.2 Å². The number of hydrogen-bond donors (Lipinski definition) is 0. The van der Waals surface area contributed by atoms with Crippen LogP contribution >= 0.6 is 0 Å². The van der Waals surface area contributed by atoms with Gasteiger partial charge in [-0.15, -0.1) is 0 Å². The monoisotopic (exact) mass is 396 g/mol. The minimum atomic E-state index is 0.0302. The SMILES string of the molecule is Cc1nn(-c2ccccc2)cc1C(=O)N1CCC(CC(=O)N2CCOCC2)CC1. The number of rotatable bonds is 4. The van der Waals surface area contributed by atoms with Crippen LogP contribution in [0.1, 0.15) is 35.3 Å². The Kier molecular flexibility index (Phi) is 5.94. The lowest BCUT2D eigenvalue weighted by atomic mass is 9.92. The largest absolute Gasteiger partial charge is 0.378 e. The van der Waals surface area contributed by atoms with Crippen molar-refractivity contribution in [2.75, 3.05) is 39.4 Å². The number of morpholine rings is 1. The average Bonchev–Trinajstić information content (AvgIpc) is 3.16. The van der Waals surface area contributed by atoms with Crippen LogP contribution in [-0.4, -0.2) is 70.8 Å². The Morgan fingerprint density at radius 3 is 2.41 bits per heavy atom. The second kappa shape index (κ2) is 8.78. The van der Waals surface area contributed by atoms with E-state index < -0.39 is 0 Å². The molecule has 3 heterocycles. The molecule has 7 nitrogen and oxygen atoms in total. The third kappa shape index (κ3) is 4.50. The standard InChI is InChI=1S/C22H28N4O3/c1-17-20(16-26(23-17)19-5-3-2-4-6-19)22(28)25-9-7-18(8-10-25)15-21(27)24-11-13-29-14-12-24/h2-6,16,18H,7-15H2,1H3. The van der Waals surface area contributed by atoms with E-state index in [1.165, 1.54) is 0 Å². The molecule has 0 radical (unpaired) electrons. The Hall–Kier alpha value is -2.67. The first-order valence-electron chi connectivity index (χ1n) is 10.4. The molecule has 1 aromatic carbocycles. The number of ether oxygens (including phenoxy) is 1. The number of amides is 2. The first kappa shape index (κ1) is 19.6. The topological polar surface area (TPSA) is 67.7 Å². The van der Waals surface area contributed by atoms with Crippen LogP contribution in [0.4, 0.5) is 0 Å². The summed E-state index contributed by atoms with van der Waals surface area (Å²) in [4.78, 5) is 29.3. The van der Waals surface area contributed by atoms with Crippen molar-refractivity contribution >= 4 is 11.8 Å². The third-order valence-electron chi connectivity index (χ3n) is 5.88. The summed E-state index contributed by atoms with van der Waals surface area (Å²) < 4.78 is 7.08. The molecule has 2 aliphatic heterocycles. The second-order valence-corrected chi connectivity index (χ2v) is 7.84. The summed E-state index contributed by atoms with van der Waals surface area (Å²) in [5.74, 6) is 0.600. The van der Waals surface area contributed by atoms with E-state index in [0.717, 1.165) is 24.2 Å². The van der Waals surface area contributed by atoms with Gasteiger partial charge in [-0.3, -0.25) is 9.59 Å². The Balaban J connectivity index is 1.33. The fourth-order valence-electron chi connectivity index (χ4n) is 4.08. The van der Waals surface area contributed by atoms with Gasteiger partial charge in [0.25, 0.3) is 5.91 Å². The molecule has 2 aromatic rings. The molecule has 4 rings (SSSR count). The summed E-state index contributed by atoms with van der Waals surface area (Å²) in [6.07, 6.45) is 4.13. The highest BCUT2D eigenvalue weighted by Crippen LogP contribution is 2.24. The van der Waals surface area contributed by atoms with Gasteiger partial charge in [-0.1, -0.05) is 18.2 Å². The minimum absolute atomic E-state index is 0.0302. The molecule has 2 aliphatic rings. The summed E-state index contributed by atoms with van der Waals surface area (Å²) in [5, 5.41) is 4.51. The van der Waals surface area contributed by atoms with E-state index in [4.69, 9.17) is 4.74 Å². The van der Waals surface area contributed by atoms with Crippen LogP contribution in [0, 0.1) is 12.8 Å². The Bertz CT molecular complexity index is 850. The van der Waals surface area contributed by atoms with Crippen LogP contribution in [0.2, 0.25) is 0 Å². The molecule has 7 heteroatoms. The first-order chi connectivity index (χ1) is 14.1. The van der Waals surface area contributed by atoms with E-state index >= 15 is 0 Å². The normalized spacial score (nSPS) is 18.1. The lowest BCUT2D eigenvalue weighted by Crippen LogP contribution is -2.43. The van der Waals surface area contributed by atoms with Gasteiger partial charge in [-0.2, -0.15) is 5.10 Å². The molecule has 0 spiro atoms. The number of benzene rings is 1. The number of carbonyl (C=O) groups is 2. The molecule has 0 atom stereocenters. The van der Waals surface area contributed by atoms with Gasteiger partial charge in [0.1, 0.15) is 0 Å². The maximum atomic E-state index is 13.0. The van der Waals surface area contributed by atoms with Crippen LogP contribution in [0.5, 0.6) is 0 Å². The molecule has 0 saturated carbocycles. The number of likely N-dealkylation sites (tertiary alicyclic amines) is 1. The van der Waals surface area contributed by atoms with Crippen LogP contribution in [0.15, 0.2) is 36.5 Å². The highest BCUT2D eigenvalue weighted by atomic mass is 16.5. The number of nitrogens with zero attached hydrogens (tertiary/aromatic N) is 4. The summed E-state index contributed by atoms with van der Waals surface area (Å²) in [6.45, 7) is 5.91. The lowest BCUT2D eigenvalue weighted by molar-refractivity contribution is -0.136. The number of carbonyl (C=O) groups excluding carboxylic acids is 2. The van der Waals surface area contributed by atoms with Gasteiger partial charge in [-0.05, 0) is 37.8 Å². The molecule has 0 unspecified atom stereocenters. The zero-order valence-electron chi connectivity index (χ0n) is 16.9. The molecule has 154 valence electrons. The number of piperidine rings is 1.